The first-order valence-corrected chi connectivity index (χ1v) is 5.45. The first kappa shape index (κ1) is 10.2. The van der Waals surface area contributed by atoms with Gasteiger partial charge in [-0.25, -0.2) is 0 Å². The Balaban J connectivity index is 2.82. The van der Waals surface area contributed by atoms with Gasteiger partial charge in [-0.05, 0) is 6.92 Å². The zero-order chi connectivity index (χ0) is 11.2. The summed E-state index contributed by atoms with van der Waals surface area (Å²) >= 11 is 1.36. The Hall–Kier alpha value is -1.30. The second kappa shape index (κ2) is 3.10. The second-order valence-corrected chi connectivity index (χ2v) is 5.58. The first-order valence-electron chi connectivity index (χ1n) is 4.63. The Labute approximate surface area is 90.8 Å². The van der Waals surface area contributed by atoms with Crippen LogP contribution in [-0.2, 0) is 5.41 Å². The predicted octanol–water partition coefficient (Wildman–Crippen LogP) is 1.15. The fraction of sp³-hybridized carbons (Fsp3) is 0.556. The molecule has 2 heterocycles. The summed E-state index contributed by atoms with van der Waals surface area (Å²) in [6, 6.07) is 0. The van der Waals surface area contributed by atoms with Gasteiger partial charge in [0.25, 0.3) is 5.56 Å². The normalized spacial score (nSPS) is 12.3. The molecule has 2 aromatic heterocycles. The second-order valence-electron chi connectivity index (χ2n) is 4.42. The van der Waals surface area contributed by atoms with E-state index in [0.29, 0.717) is 10.7 Å². The van der Waals surface area contributed by atoms with Crippen molar-refractivity contribution in [3.63, 3.8) is 0 Å². The van der Waals surface area contributed by atoms with Crippen LogP contribution in [-0.4, -0.2) is 19.8 Å². The van der Waals surface area contributed by atoms with Gasteiger partial charge in [-0.15, -0.1) is 10.2 Å². The van der Waals surface area contributed by atoms with E-state index in [9.17, 15) is 4.79 Å². The topological polar surface area (TPSA) is 60.2 Å². The van der Waals surface area contributed by atoms with Crippen molar-refractivity contribution in [1.82, 2.24) is 19.8 Å². The molecule has 2 aromatic rings. The molecule has 0 aliphatic carbocycles. The highest BCUT2D eigenvalue weighted by Crippen LogP contribution is 2.16. The van der Waals surface area contributed by atoms with E-state index in [-0.39, 0.29) is 11.0 Å². The van der Waals surface area contributed by atoms with Crippen molar-refractivity contribution in [3.05, 3.63) is 21.1 Å². The average Bonchev–Trinajstić information content (AvgIpc) is 2.44. The smallest absolute Gasteiger partial charge is 0.265 e. The van der Waals surface area contributed by atoms with Gasteiger partial charge in [-0.3, -0.25) is 4.79 Å². The third kappa shape index (κ3) is 1.65. The lowest BCUT2D eigenvalue weighted by Gasteiger charge is -2.14. The summed E-state index contributed by atoms with van der Waals surface area (Å²) in [6.07, 6.45) is 0. The molecule has 0 aliphatic rings. The quantitative estimate of drug-likeness (QED) is 0.673. The van der Waals surface area contributed by atoms with Crippen molar-refractivity contribution in [2.45, 2.75) is 33.1 Å². The lowest BCUT2D eigenvalue weighted by Crippen LogP contribution is -2.30. The number of aromatic nitrogens is 4. The molecule has 80 valence electrons. The standard InChI is InChI=1S/C9H12N4OS/c1-5-12-13-7(14)6(9(2,3)4)10-11-8(13)15-5/h1-4H3. The maximum absolute atomic E-state index is 12.0. The minimum Gasteiger partial charge on any atom is -0.265 e. The van der Waals surface area contributed by atoms with Crippen molar-refractivity contribution in [3.8, 4) is 0 Å². The summed E-state index contributed by atoms with van der Waals surface area (Å²) in [6.45, 7) is 7.65. The van der Waals surface area contributed by atoms with E-state index < -0.39 is 0 Å². The molecule has 0 atom stereocenters. The molecular weight excluding hydrogens is 212 g/mol. The van der Waals surface area contributed by atoms with Gasteiger partial charge in [0.05, 0.1) is 0 Å². The number of aryl methyl sites for hydroxylation is 1. The fourth-order valence-corrected chi connectivity index (χ4v) is 1.96. The molecule has 15 heavy (non-hydrogen) atoms. The number of rotatable bonds is 0. The van der Waals surface area contributed by atoms with Gasteiger partial charge in [-0.2, -0.15) is 9.61 Å². The minimum absolute atomic E-state index is 0.170. The van der Waals surface area contributed by atoms with Crippen LogP contribution in [0.3, 0.4) is 0 Å². The zero-order valence-corrected chi connectivity index (χ0v) is 9.92. The van der Waals surface area contributed by atoms with Crippen molar-refractivity contribution >= 4 is 16.3 Å². The SMILES string of the molecule is Cc1nn2c(=O)c(C(C)(C)C)nnc2s1. The number of nitrogens with zero attached hydrogens (tertiary/aromatic N) is 4. The molecule has 0 saturated heterocycles. The fourth-order valence-electron chi connectivity index (χ4n) is 1.28. The highest BCUT2D eigenvalue weighted by Gasteiger charge is 2.22. The van der Waals surface area contributed by atoms with Crippen molar-refractivity contribution in [2.75, 3.05) is 0 Å². The van der Waals surface area contributed by atoms with Gasteiger partial charge < -0.3 is 0 Å². The number of hydrogen-bond donors (Lipinski definition) is 0. The van der Waals surface area contributed by atoms with E-state index in [1.165, 1.54) is 15.9 Å². The molecule has 2 rings (SSSR count). The third-order valence-corrected chi connectivity index (χ3v) is 2.82. The van der Waals surface area contributed by atoms with Gasteiger partial charge in [-0.1, -0.05) is 32.1 Å². The number of fused-ring (bicyclic) bond motifs is 1. The molecule has 0 aliphatic heterocycles. The van der Waals surface area contributed by atoms with Crippen LogP contribution in [0.5, 0.6) is 0 Å². The van der Waals surface area contributed by atoms with Gasteiger partial charge in [0.2, 0.25) is 4.96 Å². The maximum Gasteiger partial charge on any atom is 0.297 e. The van der Waals surface area contributed by atoms with Crippen LogP contribution < -0.4 is 5.56 Å². The van der Waals surface area contributed by atoms with Gasteiger partial charge in [0, 0.05) is 5.41 Å². The highest BCUT2D eigenvalue weighted by atomic mass is 32.1. The van der Waals surface area contributed by atoms with Crippen molar-refractivity contribution < 1.29 is 0 Å². The van der Waals surface area contributed by atoms with E-state index in [1.54, 1.807) is 0 Å². The third-order valence-electron chi connectivity index (χ3n) is 2.00. The van der Waals surface area contributed by atoms with Crippen LogP contribution in [0, 0.1) is 6.92 Å². The lowest BCUT2D eigenvalue weighted by atomic mass is 9.93. The molecule has 6 heteroatoms. The van der Waals surface area contributed by atoms with Crippen LogP contribution >= 0.6 is 11.3 Å². The van der Waals surface area contributed by atoms with E-state index in [0.717, 1.165) is 5.01 Å². The molecule has 0 amide bonds. The van der Waals surface area contributed by atoms with E-state index >= 15 is 0 Å². The summed E-state index contributed by atoms with van der Waals surface area (Å²) in [4.78, 5) is 12.5. The summed E-state index contributed by atoms with van der Waals surface area (Å²) in [5, 5.41) is 12.9. The van der Waals surface area contributed by atoms with E-state index in [2.05, 4.69) is 15.3 Å². The van der Waals surface area contributed by atoms with E-state index in [4.69, 9.17) is 0 Å². The molecule has 0 aromatic carbocycles. The molecular formula is C9H12N4OS. The van der Waals surface area contributed by atoms with Crippen LogP contribution in [0.25, 0.3) is 4.96 Å². The highest BCUT2D eigenvalue weighted by molar-refractivity contribution is 7.16. The van der Waals surface area contributed by atoms with Crippen LogP contribution in [0.1, 0.15) is 31.5 Å². The maximum atomic E-state index is 12.0. The molecule has 5 nitrogen and oxygen atoms in total. The minimum atomic E-state index is -0.303. The monoisotopic (exact) mass is 224 g/mol. The molecule has 0 spiro atoms. The van der Waals surface area contributed by atoms with Gasteiger partial charge in [0.15, 0.2) is 0 Å². The Morgan fingerprint density at radius 2 is 1.93 bits per heavy atom. The molecule has 0 fully saturated rings. The largest absolute Gasteiger partial charge is 0.297 e. The lowest BCUT2D eigenvalue weighted by molar-refractivity contribution is 0.542. The van der Waals surface area contributed by atoms with Gasteiger partial charge >= 0.3 is 0 Å². The van der Waals surface area contributed by atoms with Crippen LogP contribution in [0.15, 0.2) is 4.79 Å². The molecule has 0 saturated carbocycles. The Morgan fingerprint density at radius 1 is 1.27 bits per heavy atom. The first-order chi connectivity index (χ1) is 6.89. The number of hydrogen-bond acceptors (Lipinski definition) is 5. The van der Waals surface area contributed by atoms with Gasteiger partial charge in [0.1, 0.15) is 10.7 Å². The molecule has 0 unspecified atom stereocenters. The predicted molar refractivity (Wildman–Crippen MR) is 58.4 cm³/mol. The summed E-state index contributed by atoms with van der Waals surface area (Å²) < 4.78 is 1.33. The molecule has 0 bridgehead atoms. The molecule has 0 radical (unpaired) electrons. The van der Waals surface area contributed by atoms with Crippen molar-refractivity contribution in [1.29, 1.82) is 0 Å². The Bertz CT molecular complexity index is 563. The molecule has 0 N–H and O–H groups in total. The van der Waals surface area contributed by atoms with Crippen LogP contribution in [0.4, 0.5) is 0 Å². The zero-order valence-electron chi connectivity index (χ0n) is 9.11. The summed E-state index contributed by atoms with van der Waals surface area (Å²) in [5.41, 5.74) is -0.0230. The summed E-state index contributed by atoms with van der Waals surface area (Å²) in [5.74, 6) is 0. The van der Waals surface area contributed by atoms with Crippen molar-refractivity contribution in [2.24, 2.45) is 0 Å². The van der Waals surface area contributed by atoms with Crippen LogP contribution in [0.2, 0.25) is 0 Å². The van der Waals surface area contributed by atoms with E-state index in [1.807, 2.05) is 27.7 Å². The summed E-state index contributed by atoms with van der Waals surface area (Å²) in [7, 11) is 0. The average molecular weight is 224 g/mol. The Kier molecular flexibility index (Phi) is 2.11. The Morgan fingerprint density at radius 3 is 2.53 bits per heavy atom.